The first-order valence-electron chi connectivity index (χ1n) is 9.41. The Labute approximate surface area is 172 Å². The summed E-state index contributed by atoms with van der Waals surface area (Å²) in [4.78, 5) is 24.3. The summed E-state index contributed by atoms with van der Waals surface area (Å²) in [7, 11) is 0. The molecule has 0 radical (unpaired) electrons. The van der Waals surface area contributed by atoms with Crippen molar-refractivity contribution in [1.29, 1.82) is 0 Å². The molecule has 1 fully saturated rings. The first-order chi connectivity index (χ1) is 14.1. The number of rotatable bonds is 7. The SMILES string of the molecule is O=C(NCCn1c(C2CC2)n[nH]c1=S)C(=O)Nc1cccc(Cn2cccn2)c1. The molecule has 29 heavy (non-hydrogen) atoms. The van der Waals surface area contributed by atoms with Crippen molar-refractivity contribution < 1.29 is 9.59 Å². The van der Waals surface area contributed by atoms with Crippen molar-refractivity contribution in [1.82, 2.24) is 29.9 Å². The van der Waals surface area contributed by atoms with Gasteiger partial charge in [0.1, 0.15) is 5.82 Å². The fourth-order valence-electron chi connectivity index (χ4n) is 3.08. The van der Waals surface area contributed by atoms with Crippen LogP contribution in [0.3, 0.4) is 0 Å². The number of aromatic amines is 1. The Kier molecular flexibility index (Phi) is 5.52. The quantitative estimate of drug-likeness (QED) is 0.406. The maximum atomic E-state index is 12.2. The maximum absolute atomic E-state index is 12.2. The second-order valence-electron chi connectivity index (χ2n) is 6.93. The summed E-state index contributed by atoms with van der Waals surface area (Å²) < 4.78 is 4.19. The van der Waals surface area contributed by atoms with Crippen LogP contribution < -0.4 is 10.6 Å². The minimum Gasteiger partial charge on any atom is -0.346 e. The second kappa shape index (κ2) is 8.39. The Morgan fingerprint density at radius 3 is 2.86 bits per heavy atom. The van der Waals surface area contributed by atoms with Gasteiger partial charge in [-0.1, -0.05) is 12.1 Å². The van der Waals surface area contributed by atoms with Crippen molar-refractivity contribution in [2.24, 2.45) is 0 Å². The van der Waals surface area contributed by atoms with E-state index in [0.29, 0.717) is 36.0 Å². The summed E-state index contributed by atoms with van der Waals surface area (Å²) in [6.45, 7) is 1.34. The average molecular weight is 411 g/mol. The third-order valence-corrected chi connectivity index (χ3v) is 4.96. The summed E-state index contributed by atoms with van der Waals surface area (Å²) in [6.07, 6.45) is 5.78. The zero-order valence-corrected chi connectivity index (χ0v) is 16.5. The normalized spacial score (nSPS) is 13.2. The van der Waals surface area contributed by atoms with Crippen LogP contribution in [0.25, 0.3) is 0 Å². The number of nitrogens with one attached hydrogen (secondary N) is 3. The zero-order chi connectivity index (χ0) is 20.2. The number of nitrogens with zero attached hydrogens (tertiary/aromatic N) is 4. The molecule has 0 unspecified atom stereocenters. The number of anilines is 1. The molecular formula is C19H21N7O2S. The Morgan fingerprint density at radius 2 is 2.10 bits per heavy atom. The molecule has 1 aliphatic carbocycles. The van der Waals surface area contributed by atoms with Crippen LogP contribution in [0.2, 0.25) is 0 Å². The van der Waals surface area contributed by atoms with Crippen LogP contribution in [-0.4, -0.2) is 42.9 Å². The predicted molar refractivity (Wildman–Crippen MR) is 109 cm³/mol. The van der Waals surface area contributed by atoms with Crippen molar-refractivity contribution >= 4 is 29.7 Å². The molecule has 1 aromatic carbocycles. The van der Waals surface area contributed by atoms with Gasteiger partial charge >= 0.3 is 11.8 Å². The van der Waals surface area contributed by atoms with Crippen molar-refractivity contribution in [3.8, 4) is 0 Å². The number of carbonyl (C=O) groups excluding carboxylic acids is 2. The number of aromatic nitrogens is 5. The third-order valence-electron chi connectivity index (χ3n) is 4.65. The lowest BCUT2D eigenvalue weighted by Crippen LogP contribution is -2.37. The van der Waals surface area contributed by atoms with Gasteiger partial charge in [0.2, 0.25) is 0 Å². The number of hydrogen-bond donors (Lipinski definition) is 3. The van der Waals surface area contributed by atoms with Gasteiger partial charge in [-0.25, -0.2) is 0 Å². The van der Waals surface area contributed by atoms with E-state index in [1.807, 2.05) is 35.0 Å². The number of hydrogen-bond acceptors (Lipinski definition) is 5. The number of H-pyrrole nitrogens is 1. The van der Waals surface area contributed by atoms with Gasteiger partial charge in [0.25, 0.3) is 0 Å². The van der Waals surface area contributed by atoms with Crippen LogP contribution in [0, 0.1) is 4.77 Å². The summed E-state index contributed by atoms with van der Waals surface area (Å²) in [5.74, 6) is -0.0384. The smallest absolute Gasteiger partial charge is 0.313 e. The van der Waals surface area contributed by atoms with Crippen LogP contribution in [-0.2, 0) is 22.7 Å². The lowest BCUT2D eigenvalue weighted by atomic mass is 10.2. The molecular weight excluding hydrogens is 390 g/mol. The molecule has 0 aliphatic heterocycles. The van der Waals surface area contributed by atoms with E-state index in [1.165, 1.54) is 0 Å². The van der Waals surface area contributed by atoms with E-state index in [9.17, 15) is 9.59 Å². The fraction of sp³-hybridized carbons (Fsp3) is 0.316. The first-order valence-corrected chi connectivity index (χ1v) is 9.81. The van der Waals surface area contributed by atoms with Gasteiger partial charge in [-0.15, -0.1) is 0 Å². The van der Waals surface area contributed by atoms with Crippen molar-refractivity contribution in [3.05, 3.63) is 58.9 Å². The van der Waals surface area contributed by atoms with E-state index < -0.39 is 11.8 Å². The Balaban J connectivity index is 1.29. The summed E-state index contributed by atoms with van der Waals surface area (Å²) in [6, 6.07) is 9.17. The lowest BCUT2D eigenvalue weighted by molar-refractivity contribution is -0.136. The van der Waals surface area contributed by atoms with E-state index in [0.717, 1.165) is 24.2 Å². The molecule has 4 rings (SSSR count). The number of carbonyl (C=O) groups is 2. The Bertz CT molecular complexity index is 1070. The fourth-order valence-corrected chi connectivity index (χ4v) is 3.31. The van der Waals surface area contributed by atoms with Crippen LogP contribution >= 0.6 is 12.2 Å². The zero-order valence-electron chi connectivity index (χ0n) is 15.7. The maximum Gasteiger partial charge on any atom is 0.313 e. The molecule has 0 saturated heterocycles. The molecule has 2 aromatic heterocycles. The second-order valence-corrected chi connectivity index (χ2v) is 7.31. The largest absolute Gasteiger partial charge is 0.346 e. The third kappa shape index (κ3) is 4.77. The van der Waals surface area contributed by atoms with Crippen LogP contribution in [0.5, 0.6) is 0 Å². The van der Waals surface area contributed by atoms with E-state index in [2.05, 4.69) is 25.9 Å². The highest BCUT2D eigenvalue weighted by Gasteiger charge is 2.28. The van der Waals surface area contributed by atoms with Crippen LogP contribution in [0.15, 0.2) is 42.7 Å². The Hall–Kier alpha value is -3.27. The van der Waals surface area contributed by atoms with E-state index >= 15 is 0 Å². The van der Waals surface area contributed by atoms with Gasteiger partial charge in [-0.2, -0.15) is 10.2 Å². The first kappa shape index (κ1) is 19.1. The van der Waals surface area contributed by atoms with Gasteiger partial charge in [0.15, 0.2) is 4.77 Å². The van der Waals surface area contributed by atoms with E-state index in [4.69, 9.17) is 12.2 Å². The standard InChI is InChI=1S/C19H21N7O2S/c27-17(20-8-10-26-16(14-5-6-14)23-24-19(26)29)18(28)22-15-4-1-3-13(11-15)12-25-9-2-7-21-25/h1-4,7,9,11,14H,5-6,8,10,12H2,(H,20,27)(H,22,28)(H,24,29). The molecule has 2 heterocycles. The molecule has 2 amide bonds. The Morgan fingerprint density at radius 1 is 1.24 bits per heavy atom. The summed E-state index contributed by atoms with van der Waals surface area (Å²) >= 11 is 5.24. The number of benzene rings is 1. The predicted octanol–water partition coefficient (Wildman–Crippen LogP) is 1.82. The highest BCUT2D eigenvalue weighted by molar-refractivity contribution is 7.71. The van der Waals surface area contributed by atoms with Crippen molar-refractivity contribution in [2.75, 3.05) is 11.9 Å². The van der Waals surface area contributed by atoms with Crippen molar-refractivity contribution in [2.45, 2.75) is 31.8 Å². The van der Waals surface area contributed by atoms with Gasteiger partial charge in [0, 0.05) is 37.1 Å². The van der Waals surface area contributed by atoms with Crippen LogP contribution in [0.1, 0.15) is 30.1 Å². The minimum absolute atomic E-state index is 0.291. The van der Waals surface area contributed by atoms with E-state index in [-0.39, 0.29) is 0 Å². The number of amides is 2. The van der Waals surface area contributed by atoms with Crippen LogP contribution in [0.4, 0.5) is 5.69 Å². The average Bonchev–Trinajstić information content (AvgIpc) is 3.30. The molecule has 1 saturated carbocycles. The monoisotopic (exact) mass is 411 g/mol. The lowest BCUT2D eigenvalue weighted by Gasteiger charge is -2.09. The molecule has 9 nitrogen and oxygen atoms in total. The molecule has 3 N–H and O–H groups in total. The molecule has 150 valence electrons. The summed E-state index contributed by atoms with van der Waals surface area (Å²) in [5, 5.41) is 16.5. The molecule has 1 aliphatic rings. The van der Waals surface area contributed by atoms with Gasteiger partial charge in [0.05, 0.1) is 6.54 Å². The molecule has 3 aromatic rings. The topological polar surface area (TPSA) is 110 Å². The minimum atomic E-state index is -0.709. The molecule has 10 heteroatoms. The molecule has 0 spiro atoms. The van der Waals surface area contributed by atoms with Gasteiger partial charge in [-0.05, 0) is 48.8 Å². The van der Waals surface area contributed by atoms with Crippen molar-refractivity contribution in [3.63, 3.8) is 0 Å². The highest BCUT2D eigenvalue weighted by Crippen LogP contribution is 2.38. The van der Waals surface area contributed by atoms with E-state index in [1.54, 1.807) is 16.9 Å². The molecule has 0 atom stereocenters. The highest BCUT2D eigenvalue weighted by atomic mass is 32.1. The van der Waals surface area contributed by atoms with Gasteiger partial charge in [-0.3, -0.25) is 19.4 Å². The summed E-state index contributed by atoms with van der Waals surface area (Å²) in [5.41, 5.74) is 1.52. The molecule has 0 bridgehead atoms. The van der Waals surface area contributed by atoms with Gasteiger partial charge < -0.3 is 15.2 Å².